The number of aliphatic hydroxyl groups excluding tert-OH is 1. The molecule has 6 heteroatoms. The SMILES string of the molecule is COCC(O)Cc1c(O)c(C(=O)c2ccccc2)cc(C(=O)c2ccccc2)c1O. The normalized spacial score (nSPS) is 11.8. The van der Waals surface area contributed by atoms with Crippen LogP contribution in [0.25, 0.3) is 0 Å². The Morgan fingerprint density at radius 3 is 1.67 bits per heavy atom. The summed E-state index contributed by atoms with van der Waals surface area (Å²) >= 11 is 0. The fourth-order valence-electron chi connectivity index (χ4n) is 3.23. The second-order valence-corrected chi connectivity index (χ2v) is 6.85. The average Bonchev–Trinajstić information content (AvgIpc) is 2.77. The highest BCUT2D eigenvalue weighted by Crippen LogP contribution is 2.37. The van der Waals surface area contributed by atoms with E-state index in [2.05, 4.69) is 0 Å². The predicted octanol–water partition coefficient (Wildman–Crippen LogP) is 3.11. The Balaban J connectivity index is 2.16. The van der Waals surface area contributed by atoms with E-state index in [4.69, 9.17) is 4.74 Å². The quantitative estimate of drug-likeness (QED) is 0.497. The second-order valence-electron chi connectivity index (χ2n) is 6.85. The van der Waals surface area contributed by atoms with Gasteiger partial charge in [0.2, 0.25) is 0 Å². The van der Waals surface area contributed by atoms with Crippen LogP contribution in [0.2, 0.25) is 0 Å². The van der Waals surface area contributed by atoms with E-state index in [-0.39, 0.29) is 29.7 Å². The zero-order valence-corrected chi connectivity index (χ0v) is 16.4. The smallest absolute Gasteiger partial charge is 0.196 e. The Hall–Kier alpha value is -3.48. The van der Waals surface area contributed by atoms with Crippen LogP contribution in [0.15, 0.2) is 66.7 Å². The number of benzene rings is 3. The Labute approximate surface area is 174 Å². The third kappa shape index (κ3) is 4.40. The third-order valence-corrected chi connectivity index (χ3v) is 4.73. The molecule has 0 aliphatic rings. The Morgan fingerprint density at radius 2 is 1.27 bits per heavy atom. The van der Waals surface area contributed by atoms with Gasteiger partial charge in [0.15, 0.2) is 11.6 Å². The van der Waals surface area contributed by atoms with Crippen LogP contribution >= 0.6 is 0 Å². The molecule has 0 amide bonds. The van der Waals surface area contributed by atoms with Crippen LogP contribution < -0.4 is 0 Å². The number of aromatic hydroxyl groups is 2. The zero-order chi connectivity index (χ0) is 21.7. The van der Waals surface area contributed by atoms with E-state index in [1.54, 1.807) is 60.7 Å². The van der Waals surface area contributed by atoms with Gasteiger partial charge < -0.3 is 20.1 Å². The van der Waals surface area contributed by atoms with Crippen molar-refractivity contribution in [3.63, 3.8) is 0 Å². The van der Waals surface area contributed by atoms with Gasteiger partial charge in [-0.2, -0.15) is 0 Å². The van der Waals surface area contributed by atoms with Crippen molar-refractivity contribution in [1.82, 2.24) is 0 Å². The highest BCUT2D eigenvalue weighted by molar-refractivity contribution is 6.16. The van der Waals surface area contributed by atoms with Gasteiger partial charge in [-0.1, -0.05) is 60.7 Å². The molecule has 0 aliphatic carbocycles. The van der Waals surface area contributed by atoms with Crippen molar-refractivity contribution in [3.05, 3.63) is 94.5 Å². The maximum Gasteiger partial charge on any atom is 0.196 e. The first-order valence-electron chi connectivity index (χ1n) is 9.38. The Bertz CT molecular complexity index is 969. The van der Waals surface area contributed by atoms with E-state index in [0.29, 0.717) is 11.1 Å². The van der Waals surface area contributed by atoms with E-state index in [1.807, 2.05) is 0 Å². The third-order valence-electron chi connectivity index (χ3n) is 4.73. The number of carbonyl (C=O) groups excluding carboxylic acids is 2. The molecule has 3 rings (SSSR count). The first-order valence-corrected chi connectivity index (χ1v) is 9.38. The number of hydrogen-bond donors (Lipinski definition) is 3. The summed E-state index contributed by atoms with van der Waals surface area (Å²) in [6.45, 7) is -0.0439. The molecule has 0 aliphatic heterocycles. The van der Waals surface area contributed by atoms with Crippen molar-refractivity contribution in [2.24, 2.45) is 0 Å². The standard InChI is InChI=1S/C24H22O6/c1-30-14-17(25)12-18-23(28)19(21(26)15-8-4-2-5-9-15)13-20(24(18)29)22(27)16-10-6-3-7-11-16/h2-11,13,17,25,28-29H,12,14H2,1H3. The maximum absolute atomic E-state index is 13.0. The van der Waals surface area contributed by atoms with Gasteiger partial charge in [0.25, 0.3) is 0 Å². The van der Waals surface area contributed by atoms with Crippen LogP contribution in [-0.2, 0) is 11.2 Å². The minimum absolute atomic E-state index is 0.0439. The minimum Gasteiger partial charge on any atom is -0.507 e. The minimum atomic E-state index is -1.05. The summed E-state index contributed by atoms with van der Waals surface area (Å²) in [7, 11) is 1.41. The van der Waals surface area contributed by atoms with Crippen LogP contribution in [0, 0.1) is 0 Å². The van der Waals surface area contributed by atoms with Gasteiger partial charge in [0, 0.05) is 30.2 Å². The number of methoxy groups -OCH3 is 1. The van der Waals surface area contributed by atoms with Crippen LogP contribution in [0.4, 0.5) is 0 Å². The molecule has 0 saturated heterocycles. The number of hydrogen-bond acceptors (Lipinski definition) is 6. The first-order chi connectivity index (χ1) is 14.4. The molecule has 0 radical (unpaired) electrons. The molecule has 3 N–H and O–H groups in total. The van der Waals surface area contributed by atoms with Crippen molar-refractivity contribution >= 4 is 11.6 Å². The van der Waals surface area contributed by atoms with Gasteiger partial charge in [0.05, 0.1) is 23.8 Å². The van der Waals surface area contributed by atoms with Gasteiger partial charge in [-0.3, -0.25) is 9.59 Å². The largest absolute Gasteiger partial charge is 0.507 e. The van der Waals surface area contributed by atoms with Crippen LogP contribution in [0.3, 0.4) is 0 Å². The Morgan fingerprint density at radius 1 is 0.833 bits per heavy atom. The number of aliphatic hydroxyl groups is 1. The lowest BCUT2D eigenvalue weighted by atomic mass is 9.91. The van der Waals surface area contributed by atoms with Crippen LogP contribution in [0.5, 0.6) is 11.5 Å². The van der Waals surface area contributed by atoms with Gasteiger partial charge in [-0.15, -0.1) is 0 Å². The number of ether oxygens (including phenoxy) is 1. The lowest BCUT2D eigenvalue weighted by molar-refractivity contribution is 0.0642. The van der Waals surface area contributed by atoms with E-state index >= 15 is 0 Å². The number of carbonyl (C=O) groups is 2. The fourth-order valence-corrected chi connectivity index (χ4v) is 3.23. The highest BCUT2D eigenvalue weighted by Gasteiger charge is 2.27. The summed E-state index contributed by atoms with van der Waals surface area (Å²) in [6.07, 6.45) is -1.25. The molecule has 3 aromatic carbocycles. The van der Waals surface area contributed by atoms with Crippen molar-refractivity contribution in [2.75, 3.05) is 13.7 Å². The summed E-state index contributed by atoms with van der Waals surface area (Å²) in [5.74, 6) is -1.95. The summed E-state index contributed by atoms with van der Waals surface area (Å²) < 4.78 is 4.90. The molecule has 0 aromatic heterocycles. The number of phenolic OH excluding ortho intramolecular Hbond substituents is 2. The molecule has 6 nitrogen and oxygen atoms in total. The lowest BCUT2D eigenvalue weighted by Crippen LogP contribution is -2.18. The maximum atomic E-state index is 13.0. The highest BCUT2D eigenvalue weighted by atomic mass is 16.5. The average molecular weight is 406 g/mol. The molecule has 1 atom stereocenters. The number of rotatable bonds is 8. The van der Waals surface area contributed by atoms with Gasteiger partial charge >= 0.3 is 0 Å². The molecular formula is C24H22O6. The second kappa shape index (κ2) is 9.35. The van der Waals surface area contributed by atoms with Crippen molar-refractivity contribution < 1.29 is 29.6 Å². The van der Waals surface area contributed by atoms with Gasteiger partial charge in [-0.05, 0) is 6.07 Å². The monoisotopic (exact) mass is 406 g/mol. The predicted molar refractivity (Wildman–Crippen MR) is 111 cm³/mol. The lowest BCUT2D eigenvalue weighted by Gasteiger charge is -2.17. The van der Waals surface area contributed by atoms with E-state index in [0.717, 1.165) is 0 Å². The van der Waals surface area contributed by atoms with E-state index < -0.39 is 29.2 Å². The first kappa shape index (κ1) is 21.2. The van der Waals surface area contributed by atoms with Crippen LogP contribution in [0.1, 0.15) is 37.4 Å². The Kier molecular flexibility index (Phi) is 6.61. The van der Waals surface area contributed by atoms with E-state index in [9.17, 15) is 24.9 Å². The van der Waals surface area contributed by atoms with Crippen molar-refractivity contribution in [3.8, 4) is 11.5 Å². The number of ketones is 2. The molecule has 0 heterocycles. The summed E-state index contributed by atoms with van der Waals surface area (Å²) in [4.78, 5) is 26.0. The summed E-state index contributed by atoms with van der Waals surface area (Å²) in [5, 5.41) is 31.6. The molecule has 3 aromatic rings. The topological polar surface area (TPSA) is 104 Å². The molecule has 0 fully saturated rings. The van der Waals surface area contributed by atoms with Crippen LogP contribution in [-0.4, -0.2) is 46.7 Å². The fraction of sp³-hybridized carbons (Fsp3) is 0.167. The van der Waals surface area contributed by atoms with Crippen molar-refractivity contribution in [1.29, 1.82) is 0 Å². The molecular weight excluding hydrogens is 384 g/mol. The van der Waals surface area contributed by atoms with Crippen molar-refractivity contribution in [2.45, 2.75) is 12.5 Å². The number of phenols is 2. The zero-order valence-electron chi connectivity index (χ0n) is 16.4. The van der Waals surface area contributed by atoms with Gasteiger partial charge in [-0.25, -0.2) is 0 Å². The molecule has 1 unspecified atom stereocenters. The molecule has 30 heavy (non-hydrogen) atoms. The molecule has 0 saturated carbocycles. The van der Waals surface area contributed by atoms with E-state index in [1.165, 1.54) is 13.2 Å². The summed E-state index contributed by atoms with van der Waals surface area (Å²) in [6, 6.07) is 17.8. The molecule has 0 spiro atoms. The van der Waals surface area contributed by atoms with Gasteiger partial charge in [0.1, 0.15) is 11.5 Å². The molecule has 0 bridgehead atoms. The summed E-state index contributed by atoms with van der Waals surface area (Å²) in [5.41, 5.74) is 0.302. The molecule has 154 valence electrons.